The van der Waals surface area contributed by atoms with Gasteiger partial charge < -0.3 is 0 Å². The normalized spacial score (nSPS) is 24.6. The SMILES string of the molecule is O=C1c2cccc3c2C2(CCC3)C(=O)N(CCc3ccc([N+](=O)[O-])cc3)C(=O)C12. The molecule has 0 saturated carbocycles. The number of nitrogens with zero attached hydrogens (tertiary/aromatic N) is 2. The van der Waals surface area contributed by atoms with Crippen molar-refractivity contribution in [1.82, 2.24) is 4.90 Å². The van der Waals surface area contributed by atoms with Crippen molar-refractivity contribution in [3.05, 3.63) is 74.8 Å². The molecule has 0 bridgehead atoms. The van der Waals surface area contributed by atoms with Crippen LogP contribution in [0.15, 0.2) is 42.5 Å². The molecule has 0 N–H and O–H groups in total. The number of carbonyl (C=O) groups excluding carboxylic acids is 3. The molecule has 29 heavy (non-hydrogen) atoms. The lowest BCUT2D eigenvalue weighted by molar-refractivity contribution is -0.384. The average molecular weight is 390 g/mol. The summed E-state index contributed by atoms with van der Waals surface area (Å²) in [5, 5.41) is 10.8. The minimum absolute atomic E-state index is 0.00700. The van der Waals surface area contributed by atoms with Crippen molar-refractivity contribution < 1.29 is 19.3 Å². The van der Waals surface area contributed by atoms with Crippen molar-refractivity contribution >= 4 is 23.3 Å². The first kappa shape index (κ1) is 17.7. The molecule has 0 aromatic heterocycles. The highest BCUT2D eigenvalue weighted by Crippen LogP contribution is 2.55. The summed E-state index contributed by atoms with van der Waals surface area (Å²) in [6, 6.07) is 11.6. The summed E-state index contributed by atoms with van der Waals surface area (Å²) in [5.41, 5.74) is 2.06. The minimum atomic E-state index is -1.03. The number of amides is 2. The average Bonchev–Trinajstić information content (AvgIpc) is 3.10. The molecule has 7 nitrogen and oxygen atoms in total. The first-order valence-corrected chi connectivity index (χ1v) is 9.71. The van der Waals surface area contributed by atoms with Gasteiger partial charge in [0.1, 0.15) is 5.92 Å². The molecular weight excluding hydrogens is 372 g/mol. The quantitative estimate of drug-likeness (QED) is 0.346. The van der Waals surface area contributed by atoms with Gasteiger partial charge in [0, 0.05) is 24.2 Å². The maximum Gasteiger partial charge on any atom is 0.269 e. The fourth-order valence-electron chi connectivity index (χ4n) is 5.29. The molecule has 3 aliphatic rings. The number of nitro groups is 1. The molecular formula is C22H18N2O5. The van der Waals surface area contributed by atoms with Gasteiger partial charge in [0.25, 0.3) is 5.69 Å². The van der Waals surface area contributed by atoms with Crippen LogP contribution in [0.3, 0.4) is 0 Å². The second kappa shape index (κ2) is 6.07. The molecule has 1 spiro atoms. The van der Waals surface area contributed by atoms with Gasteiger partial charge in [-0.2, -0.15) is 0 Å². The van der Waals surface area contributed by atoms with E-state index >= 15 is 0 Å². The highest BCUT2D eigenvalue weighted by molar-refractivity contribution is 6.27. The lowest BCUT2D eigenvalue weighted by Crippen LogP contribution is -2.42. The monoisotopic (exact) mass is 390 g/mol. The molecule has 2 amide bonds. The number of non-ortho nitro benzene ring substituents is 1. The minimum Gasteiger partial charge on any atom is -0.293 e. The Labute approximate surface area is 166 Å². The maximum absolute atomic E-state index is 13.5. The first-order chi connectivity index (χ1) is 13.9. The third kappa shape index (κ3) is 2.27. The summed E-state index contributed by atoms with van der Waals surface area (Å²) >= 11 is 0. The Balaban J connectivity index is 1.46. The van der Waals surface area contributed by atoms with Crippen LogP contribution in [-0.2, 0) is 27.8 Å². The van der Waals surface area contributed by atoms with E-state index in [-0.39, 0.29) is 23.9 Å². The molecule has 2 aromatic carbocycles. The van der Waals surface area contributed by atoms with Crippen LogP contribution in [0.2, 0.25) is 0 Å². The lowest BCUT2D eigenvalue weighted by Gasteiger charge is -2.32. The second-order valence-electron chi connectivity index (χ2n) is 7.93. The lowest BCUT2D eigenvalue weighted by atomic mass is 9.67. The number of hydrogen-bond acceptors (Lipinski definition) is 5. The summed E-state index contributed by atoms with van der Waals surface area (Å²) in [7, 11) is 0. The van der Waals surface area contributed by atoms with E-state index in [1.807, 2.05) is 12.1 Å². The van der Waals surface area contributed by atoms with Crippen molar-refractivity contribution in [3.63, 3.8) is 0 Å². The van der Waals surface area contributed by atoms with E-state index in [1.165, 1.54) is 17.0 Å². The maximum atomic E-state index is 13.5. The smallest absolute Gasteiger partial charge is 0.269 e. The molecule has 1 aliphatic heterocycles. The number of imide groups is 1. The Hall–Kier alpha value is -3.35. The molecule has 2 atom stereocenters. The number of nitro benzene ring substituents is 1. The predicted octanol–water partition coefficient (Wildman–Crippen LogP) is 2.59. The Bertz CT molecular complexity index is 1090. The number of hydrogen-bond donors (Lipinski definition) is 0. The Kier molecular flexibility index (Phi) is 3.71. The predicted molar refractivity (Wildman–Crippen MR) is 102 cm³/mol. The van der Waals surface area contributed by atoms with E-state index in [2.05, 4.69) is 0 Å². The molecule has 7 heteroatoms. The van der Waals surface area contributed by atoms with Crippen molar-refractivity contribution in [2.24, 2.45) is 5.92 Å². The summed E-state index contributed by atoms with van der Waals surface area (Å²) < 4.78 is 0. The van der Waals surface area contributed by atoms with Crippen LogP contribution in [-0.4, -0.2) is 34.0 Å². The van der Waals surface area contributed by atoms with Gasteiger partial charge in [-0.3, -0.25) is 29.4 Å². The Morgan fingerprint density at radius 2 is 1.86 bits per heavy atom. The fourth-order valence-corrected chi connectivity index (χ4v) is 5.29. The van der Waals surface area contributed by atoms with Gasteiger partial charge in [0.05, 0.1) is 10.3 Å². The zero-order chi connectivity index (χ0) is 20.3. The van der Waals surface area contributed by atoms with Crippen molar-refractivity contribution in [2.45, 2.75) is 31.1 Å². The van der Waals surface area contributed by atoms with E-state index in [9.17, 15) is 24.5 Å². The highest BCUT2D eigenvalue weighted by Gasteiger charge is 2.68. The molecule has 1 fully saturated rings. The molecule has 1 heterocycles. The number of rotatable bonds is 4. The van der Waals surface area contributed by atoms with Gasteiger partial charge in [0.15, 0.2) is 5.78 Å². The summed E-state index contributed by atoms with van der Waals surface area (Å²) in [4.78, 5) is 51.2. The zero-order valence-corrected chi connectivity index (χ0v) is 15.6. The number of Topliss-reactive ketones (excluding diaryl/α,β-unsaturated/α-hetero) is 1. The topological polar surface area (TPSA) is 97.6 Å². The first-order valence-electron chi connectivity index (χ1n) is 9.71. The number of aryl methyl sites for hydroxylation is 1. The number of ketones is 1. The van der Waals surface area contributed by atoms with Gasteiger partial charge in [-0.1, -0.05) is 30.3 Å². The van der Waals surface area contributed by atoms with Crippen LogP contribution in [0, 0.1) is 16.0 Å². The molecule has 0 radical (unpaired) electrons. The summed E-state index contributed by atoms with van der Waals surface area (Å²) in [6.45, 7) is 0.165. The standard InChI is InChI=1S/C22H18N2O5/c25-19-16-5-1-3-14-4-2-11-22(17(14)16)18(19)20(26)23(21(22)27)12-10-13-6-8-15(9-7-13)24(28)29/h1,3,5-9,18H,2,4,10-12H2. The van der Waals surface area contributed by atoms with E-state index < -0.39 is 22.2 Å². The summed E-state index contributed by atoms with van der Waals surface area (Å²) in [5.74, 6) is -1.86. The van der Waals surface area contributed by atoms with Crippen LogP contribution in [0.5, 0.6) is 0 Å². The third-order valence-corrected chi connectivity index (χ3v) is 6.55. The van der Waals surface area contributed by atoms with Gasteiger partial charge >= 0.3 is 0 Å². The fraction of sp³-hybridized carbons (Fsp3) is 0.318. The highest BCUT2D eigenvalue weighted by atomic mass is 16.6. The van der Waals surface area contributed by atoms with Crippen LogP contribution < -0.4 is 0 Å². The van der Waals surface area contributed by atoms with E-state index in [0.717, 1.165) is 29.5 Å². The van der Waals surface area contributed by atoms with Gasteiger partial charge in [0.2, 0.25) is 11.8 Å². The Morgan fingerprint density at radius 3 is 2.59 bits per heavy atom. The van der Waals surface area contributed by atoms with E-state index in [0.29, 0.717) is 18.4 Å². The zero-order valence-electron chi connectivity index (χ0n) is 15.6. The van der Waals surface area contributed by atoms with Gasteiger partial charge in [-0.25, -0.2) is 0 Å². The molecule has 1 saturated heterocycles. The van der Waals surface area contributed by atoms with Crippen LogP contribution >= 0.6 is 0 Å². The number of carbonyl (C=O) groups is 3. The largest absolute Gasteiger partial charge is 0.293 e. The molecule has 2 unspecified atom stereocenters. The van der Waals surface area contributed by atoms with Crippen LogP contribution in [0.4, 0.5) is 5.69 Å². The third-order valence-electron chi connectivity index (χ3n) is 6.55. The van der Waals surface area contributed by atoms with Crippen molar-refractivity contribution in [1.29, 1.82) is 0 Å². The second-order valence-corrected chi connectivity index (χ2v) is 7.93. The van der Waals surface area contributed by atoms with Crippen molar-refractivity contribution in [3.8, 4) is 0 Å². The van der Waals surface area contributed by atoms with E-state index in [1.54, 1.807) is 18.2 Å². The molecule has 146 valence electrons. The summed E-state index contributed by atoms with van der Waals surface area (Å²) in [6.07, 6.45) is 2.50. The Morgan fingerprint density at radius 1 is 1.10 bits per heavy atom. The molecule has 5 rings (SSSR count). The van der Waals surface area contributed by atoms with Crippen molar-refractivity contribution in [2.75, 3.05) is 6.54 Å². The molecule has 2 aromatic rings. The number of likely N-dealkylation sites (tertiary alicyclic amines) is 1. The van der Waals surface area contributed by atoms with Gasteiger partial charge in [-0.15, -0.1) is 0 Å². The molecule has 2 aliphatic carbocycles. The van der Waals surface area contributed by atoms with Crippen LogP contribution in [0.25, 0.3) is 0 Å². The van der Waals surface area contributed by atoms with Gasteiger partial charge in [-0.05, 0) is 42.4 Å². The van der Waals surface area contributed by atoms with Crippen LogP contribution in [0.1, 0.15) is 39.9 Å². The number of benzene rings is 2. The van der Waals surface area contributed by atoms with E-state index in [4.69, 9.17) is 0 Å².